The Morgan fingerprint density at radius 3 is 2.40 bits per heavy atom. The SMILES string of the molecule is C[C@H](N)C(=O)N1CCN(c2cc(S(=O)(=O)NC3(C#N)CC3)cc3c(-c4nnc(C(F)F)s4)nn(CC(F)(F)F)c23)CC1. The van der Waals surface area contributed by atoms with Crippen molar-refractivity contribution in [3.05, 3.63) is 17.1 Å². The number of nitrogens with one attached hydrogen (secondary N) is 1. The molecule has 1 aliphatic heterocycles. The lowest BCUT2D eigenvalue weighted by atomic mass is 10.1. The standard InChI is InChI=1S/C23H24F5N9O3S2/c1-12(30)21(38)36-6-4-35(5-7-36)15-9-13(42(39,40)34-22(10-29)2-3-22)8-14-16(19-31-32-20(41-19)18(24)25)33-37(17(14)15)11-23(26,27)28/h8-9,12,18,34H,2-7,11,30H2,1H3/t12-/m0/s1. The highest BCUT2D eigenvalue weighted by atomic mass is 32.2. The van der Waals surface area contributed by atoms with Crippen LogP contribution < -0.4 is 15.4 Å². The molecule has 42 heavy (non-hydrogen) atoms. The minimum absolute atomic E-state index is 0.0594. The normalized spacial score (nSPS) is 18.0. The molecule has 0 spiro atoms. The highest BCUT2D eigenvalue weighted by Gasteiger charge is 2.47. The summed E-state index contributed by atoms with van der Waals surface area (Å²) >= 11 is 0.418. The molecule has 0 bridgehead atoms. The number of fused-ring (bicyclic) bond motifs is 1. The van der Waals surface area contributed by atoms with Crippen molar-refractivity contribution >= 4 is 43.9 Å². The Balaban J connectivity index is 1.69. The number of nitrogens with zero attached hydrogens (tertiary/aromatic N) is 7. The first-order chi connectivity index (χ1) is 19.6. The second-order valence-corrected chi connectivity index (χ2v) is 12.8. The van der Waals surface area contributed by atoms with Crippen molar-refractivity contribution in [2.24, 2.45) is 5.73 Å². The zero-order chi connectivity index (χ0) is 30.6. The first-order valence-corrected chi connectivity index (χ1v) is 14.9. The molecule has 3 N–H and O–H groups in total. The van der Waals surface area contributed by atoms with E-state index in [1.165, 1.54) is 17.9 Å². The molecule has 226 valence electrons. The number of amides is 1. The molecule has 1 saturated heterocycles. The first-order valence-electron chi connectivity index (χ1n) is 12.6. The van der Waals surface area contributed by atoms with Gasteiger partial charge in [0, 0.05) is 31.6 Å². The number of anilines is 1. The van der Waals surface area contributed by atoms with Crippen molar-refractivity contribution in [1.29, 1.82) is 5.26 Å². The van der Waals surface area contributed by atoms with Crippen LogP contribution >= 0.6 is 11.3 Å². The van der Waals surface area contributed by atoms with Crippen LogP contribution in [0.15, 0.2) is 17.0 Å². The number of hydrogen-bond donors (Lipinski definition) is 2. The highest BCUT2D eigenvalue weighted by molar-refractivity contribution is 7.89. The minimum atomic E-state index is -4.75. The van der Waals surface area contributed by atoms with E-state index in [0.29, 0.717) is 16.0 Å². The van der Waals surface area contributed by atoms with Crippen molar-refractivity contribution in [1.82, 2.24) is 29.6 Å². The maximum atomic E-state index is 13.7. The smallest absolute Gasteiger partial charge is 0.366 e. The van der Waals surface area contributed by atoms with Gasteiger partial charge in [-0.15, -0.1) is 10.2 Å². The molecule has 1 saturated carbocycles. The molecule has 5 rings (SSSR count). The van der Waals surface area contributed by atoms with Gasteiger partial charge in [0.05, 0.1) is 28.2 Å². The average Bonchev–Trinajstić information content (AvgIpc) is 3.34. The third kappa shape index (κ3) is 5.88. The van der Waals surface area contributed by atoms with Gasteiger partial charge in [0.15, 0.2) is 10.0 Å². The maximum Gasteiger partial charge on any atom is 0.408 e. The Morgan fingerprint density at radius 2 is 1.88 bits per heavy atom. The van der Waals surface area contributed by atoms with Crippen molar-refractivity contribution in [2.45, 2.75) is 55.4 Å². The van der Waals surface area contributed by atoms with E-state index >= 15 is 0 Å². The fraction of sp³-hybridized carbons (Fsp3) is 0.522. The van der Waals surface area contributed by atoms with Gasteiger partial charge in [-0.3, -0.25) is 9.48 Å². The van der Waals surface area contributed by atoms with Gasteiger partial charge in [0.2, 0.25) is 15.9 Å². The molecule has 1 aromatic carbocycles. The molecule has 2 aliphatic rings. The molecule has 1 aliphatic carbocycles. The van der Waals surface area contributed by atoms with Crippen LogP contribution in [0.4, 0.5) is 27.6 Å². The number of carbonyl (C=O) groups is 1. The summed E-state index contributed by atoms with van der Waals surface area (Å²) in [5, 5.41) is 19.6. The van der Waals surface area contributed by atoms with E-state index in [-0.39, 0.29) is 77.1 Å². The van der Waals surface area contributed by atoms with E-state index < -0.39 is 45.8 Å². The molecule has 3 heterocycles. The van der Waals surface area contributed by atoms with Crippen LogP contribution in [0, 0.1) is 11.3 Å². The van der Waals surface area contributed by atoms with E-state index in [1.807, 2.05) is 6.07 Å². The topological polar surface area (TPSA) is 163 Å². The lowest BCUT2D eigenvalue weighted by Crippen LogP contribution is -2.52. The fourth-order valence-electron chi connectivity index (χ4n) is 4.66. The van der Waals surface area contributed by atoms with Crippen LogP contribution in [-0.2, 0) is 21.4 Å². The van der Waals surface area contributed by atoms with Gasteiger partial charge >= 0.3 is 6.18 Å². The quantitative estimate of drug-likeness (QED) is 0.355. The van der Waals surface area contributed by atoms with E-state index in [0.717, 1.165) is 6.07 Å². The van der Waals surface area contributed by atoms with Crippen molar-refractivity contribution < 1.29 is 35.2 Å². The number of halogens is 5. The molecule has 1 amide bonds. The van der Waals surface area contributed by atoms with Crippen molar-refractivity contribution in [2.75, 3.05) is 31.1 Å². The van der Waals surface area contributed by atoms with Crippen LogP contribution in [0.1, 0.15) is 31.2 Å². The molecule has 2 fully saturated rings. The Labute approximate surface area is 239 Å². The van der Waals surface area contributed by atoms with Crippen molar-refractivity contribution in [3.63, 3.8) is 0 Å². The predicted molar refractivity (Wildman–Crippen MR) is 140 cm³/mol. The number of nitriles is 1. The third-order valence-corrected chi connectivity index (χ3v) is 9.33. The van der Waals surface area contributed by atoms with Crippen molar-refractivity contribution in [3.8, 4) is 16.8 Å². The van der Waals surface area contributed by atoms with E-state index in [1.54, 1.807) is 4.90 Å². The second-order valence-electron chi connectivity index (χ2n) is 10.1. The molecule has 2 aromatic heterocycles. The minimum Gasteiger partial charge on any atom is -0.366 e. The number of nitrogens with two attached hydrogens (primary N) is 1. The lowest BCUT2D eigenvalue weighted by molar-refractivity contribution is -0.141. The summed E-state index contributed by atoms with van der Waals surface area (Å²) in [7, 11) is -4.38. The maximum absolute atomic E-state index is 13.7. The number of benzene rings is 1. The molecule has 0 unspecified atom stereocenters. The Bertz CT molecular complexity index is 1670. The number of hydrogen-bond acceptors (Lipinski definition) is 10. The summed E-state index contributed by atoms with van der Waals surface area (Å²) < 4.78 is 97.5. The zero-order valence-electron chi connectivity index (χ0n) is 21.9. The Hall–Kier alpha value is -3.47. The number of piperazine rings is 1. The van der Waals surface area contributed by atoms with E-state index in [9.17, 15) is 40.4 Å². The van der Waals surface area contributed by atoms with Crippen LogP contribution in [0.3, 0.4) is 0 Å². The van der Waals surface area contributed by atoms with Gasteiger partial charge < -0.3 is 15.5 Å². The lowest BCUT2D eigenvalue weighted by Gasteiger charge is -2.37. The molecule has 12 nitrogen and oxygen atoms in total. The summed E-state index contributed by atoms with van der Waals surface area (Å²) in [5.74, 6) is -0.318. The van der Waals surface area contributed by atoms with Gasteiger partial charge in [-0.1, -0.05) is 11.3 Å². The number of rotatable bonds is 8. The van der Waals surface area contributed by atoms with Crippen LogP contribution in [0.2, 0.25) is 0 Å². The summed E-state index contributed by atoms with van der Waals surface area (Å²) in [6, 6.07) is 3.43. The van der Waals surface area contributed by atoms with Gasteiger partial charge in [0.25, 0.3) is 6.43 Å². The largest absolute Gasteiger partial charge is 0.408 e. The number of sulfonamides is 1. The van der Waals surface area contributed by atoms with Crippen LogP contribution in [-0.4, -0.2) is 83.1 Å². The summed E-state index contributed by atoms with van der Waals surface area (Å²) in [6.07, 6.45) is -7.18. The van der Waals surface area contributed by atoms with Crippen LogP contribution in [0.25, 0.3) is 21.6 Å². The Morgan fingerprint density at radius 1 is 1.21 bits per heavy atom. The molecule has 0 radical (unpaired) electrons. The first kappa shape index (κ1) is 30.0. The third-order valence-electron chi connectivity index (χ3n) is 6.88. The molecular formula is C23H24F5N9O3S2. The summed E-state index contributed by atoms with van der Waals surface area (Å²) in [4.78, 5) is 15.1. The number of aromatic nitrogens is 4. The average molecular weight is 634 g/mol. The molecular weight excluding hydrogens is 609 g/mol. The van der Waals surface area contributed by atoms with Gasteiger partial charge in [0.1, 0.15) is 17.8 Å². The van der Waals surface area contributed by atoms with Gasteiger partial charge in [-0.2, -0.15) is 28.3 Å². The van der Waals surface area contributed by atoms with Crippen LogP contribution in [0.5, 0.6) is 0 Å². The second kappa shape index (κ2) is 10.7. The van der Waals surface area contributed by atoms with E-state index in [4.69, 9.17) is 5.73 Å². The van der Waals surface area contributed by atoms with Gasteiger partial charge in [-0.25, -0.2) is 17.2 Å². The monoisotopic (exact) mass is 633 g/mol. The van der Waals surface area contributed by atoms with Gasteiger partial charge in [-0.05, 0) is 31.9 Å². The highest BCUT2D eigenvalue weighted by Crippen LogP contribution is 2.41. The Kier molecular flexibility index (Phi) is 7.62. The number of alkyl halides is 5. The molecule has 3 aromatic rings. The fourth-order valence-corrected chi connectivity index (χ4v) is 6.78. The predicted octanol–water partition coefficient (Wildman–Crippen LogP) is 2.38. The molecule has 19 heteroatoms. The number of carbonyl (C=O) groups excluding carboxylic acids is 1. The molecule has 1 atom stereocenters. The van der Waals surface area contributed by atoms with E-state index in [2.05, 4.69) is 20.0 Å². The summed E-state index contributed by atoms with van der Waals surface area (Å²) in [6.45, 7) is 0.507. The zero-order valence-corrected chi connectivity index (χ0v) is 23.5. The summed E-state index contributed by atoms with van der Waals surface area (Å²) in [5.41, 5.74) is 4.10.